The summed E-state index contributed by atoms with van der Waals surface area (Å²) < 4.78 is 11.0. The molecule has 0 aliphatic carbocycles. The maximum absolute atomic E-state index is 11.0. The molecule has 0 saturated carbocycles. The Labute approximate surface area is 121 Å². The summed E-state index contributed by atoms with van der Waals surface area (Å²) >= 11 is 1.67. The van der Waals surface area contributed by atoms with Crippen LogP contribution in [0.5, 0.6) is 5.75 Å². The van der Waals surface area contributed by atoms with Crippen molar-refractivity contribution in [1.82, 2.24) is 0 Å². The van der Waals surface area contributed by atoms with Gasteiger partial charge in [-0.05, 0) is 23.6 Å². The Bertz CT molecular complexity index is 537. The summed E-state index contributed by atoms with van der Waals surface area (Å²) in [5, 5.41) is 11.0. The zero-order chi connectivity index (χ0) is 14.2. The van der Waals surface area contributed by atoms with E-state index in [0.29, 0.717) is 25.6 Å². The van der Waals surface area contributed by atoms with Crippen molar-refractivity contribution in [3.63, 3.8) is 0 Å². The first-order valence-electron chi connectivity index (χ1n) is 6.32. The van der Waals surface area contributed by atoms with Crippen LogP contribution in [0.1, 0.15) is 21.7 Å². The van der Waals surface area contributed by atoms with Gasteiger partial charge in [-0.15, -0.1) is 11.3 Å². The van der Waals surface area contributed by atoms with Crippen LogP contribution < -0.4 is 4.74 Å². The van der Waals surface area contributed by atoms with Crippen LogP contribution >= 0.6 is 11.3 Å². The molecule has 0 amide bonds. The third-order valence-corrected chi connectivity index (χ3v) is 3.48. The summed E-state index contributed by atoms with van der Waals surface area (Å²) in [5.74, 6) is -0.576. The molecule has 20 heavy (non-hydrogen) atoms. The van der Waals surface area contributed by atoms with Crippen molar-refractivity contribution in [2.24, 2.45) is 0 Å². The van der Waals surface area contributed by atoms with Gasteiger partial charge >= 0.3 is 5.97 Å². The molecule has 106 valence electrons. The normalized spacial score (nSPS) is 10.4. The van der Waals surface area contributed by atoms with Crippen LogP contribution in [-0.2, 0) is 11.3 Å². The topological polar surface area (TPSA) is 55.8 Å². The second-order valence-electron chi connectivity index (χ2n) is 4.14. The number of hydrogen-bond acceptors (Lipinski definition) is 4. The molecule has 2 aromatic rings. The first-order chi connectivity index (χ1) is 9.77. The highest BCUT2D eigenvalue weighted by molar-refractivity contribution is 7.09. The number of carboxylic acids is 1. The SMILES string of the molecule is O=C(O)c1ccccc1OCCCOCc1cccs1. The van der Waals surface area contributed by atoms with E-state index >= 15 is 0 Å². The quantitative estimate of drug-likeness (QED) is 0.757. The van der Waals surface area contributed by atoms with Gasteiger partial charge in [0, 0.05) is 11.3 Å². The van der Waals surface area contributed by atoms with Gasteiger partial charge in [-0.3, -0.25) is 0 Å². The Morgan fingerprint density at radius 2 is 2.00 bits per heavy atom. The average molecular weight is 292 g/mol. The molecule has 1 aromatic carbocycles. The highest BCUT2D eigenvalue weighted by atomic mass is 32.1. The lowest BCUT2D eigenvalue weighted by Gasteiger charge is -2.08. The molecule has 1 N–H and O–H groups in total. The number of rotatable bonds is 8. The first kappa shape index (κ1) is 14.6. The van der Waals surface area contributed by atoms with Gasteiger partial charge in [0.05, 0.1) is 19.8 Å². The Balaban J connectivity index is 1.67. The zero-order valence-electron chi connectivity index (χ0n) is 11.0. The number of carboxylic acid groups (broad SMARTS) is 1. The van der Waals surface area contributed by atoms with Crippen molar-refractivity contribution in [3.8, 4) is 5.75 Å². The van der Waals surface area contributed by atoms with Crippen LogP contribution in [-0.4, -0.2) is 24.3 Å². The lowest BCUT2D eigenvalue weighted by molar-refractivity contribution is 0.0691. The lowest BCUT2D eigenvalue weighted by atomic mass is 10.2. The Kier molecular flexibility index (Phi) is 5.58. The monoisotopic (exact) mass is 292 g/mol. The molecule has 0 aliphatic rings. The molecular formula is C15H16O4S. The lowest BCUT2D eigenvalue weighted by Crippen LogP contribution is -2.06. The van der Waals surface area contributed by atoms with E-state index in [1.807, 2.05) is 17.5 Å². The second-order valence-corrected chi connectivity index (χ2v) is 5.17. The summed E-state index contributed by atoms with van der Waals surface area (Å²) in [4.78, 5) is 12.2. The molecule has 0 saturated heterocycles. The van der Waals surface area contributed by atoms with Crippen molar-refractivity contribution in [2.75, 3.05) is 13.2 Å². The van der Waals surface area contributed by atoms with Crippen LogP contribution in [0, 0.1) is 0 Å². The number of aromatic carboxylic acids is 1. The summed E-state index contributed by atoms with van der Waals surface area (Å²) in [7, 11) is 0. The van der Waals surface area contributed by atoms with E-state index in [0.717, 1.165) is 6.42 Å². The second kappa shape index (κ2) is 7.67. The molecule has 2 rings (SSSR count). The summed E-state index contributed by atoms with van der Waals surface area (Å²) in [5.41, 5.74) is 0.187. The van der Waals surface area contributed by atoms with Crippen LogP contribution in [0.4, 0.5) is 0 Å². The van der Waals surface area contributed by atoms with E-state index in [2.05, 4.69) is 0 Å². The van der Waals surface area contributed by atoms with E-state index < -0.39 is 5.97 Å². The van der Waals surface area contributed by atoms with Gasteiger partial charge in [-0.1, -0.05) is 18.2 Å². The fraction of sp³-hybridized carbons (Fsp3) is 0.267. The fourth-order valence-electron chi connectivity index (χ4n) is 1.68. The van der Waals surface area contributed by atoms with Crippen molar-refractivity contribution in [3.05, 3.63) is 52.2 Å². The number of hydrogen-bond donors (Lipinski definition) is 1. The molecule has 4 nitrogen and oxygen atoms in total. The van der Waals surface area contributed by atoms with Crippen molar-refractivity contribution in [1.29, 1.82) is 0 Å². The van der Waals surface area contributed by atoms with Gasteiger partial charge in [0.1, 0.15) is 11.3 Å². The van der Waals surface area contributed by atoms with E-state index in [-0.39, 0.29) is 5.56 Å². The number of ether oxygens (including phenoxy) is 2. The molecule has 1 aromatic heterocycles. The number of para-hydroxylation sites is 1. The molecule has 0 bridgehead atoms. The number of carbonyl (C=O) groups is 1. The molecule has 0 radical (unpaired) electrons. The van der Waals surface area contributed by atoms with Crippen molar-refractivity contribution < 1.29 is 19.4 Å². The van der Waals surface area contributed by atoms with Gasteiger partial charge in [0.15, 0.2) is 0 Å². The Hall–Kier alpha value is -1.85. The van der Waals surface area contributed by atoms with E-state index in [4.69, 9.17) is 14.6 Å². The van der Waals surface area contributed by atoms with Crippen LogP contribution in [0.3, 0.4) is 0 Å². The van der Waals surface area contributed by atoms with Crippen molar-refractivity contribution >= 4 is 17.3 Å². The molecule has 0 atom stereocenters. The molecule has 0 spiro atoms. The predicted molar refractivity (Wildman–Crippen MR) is 77.5 cm³/mol. The summed E-state index contributed by atoms with van der Waals surface area (Å²) in [6, 6.07) is 10.7. The molecule has 5 heteroatoms. The molecular weight excluding hydrogens is 276 g/mol. The summed E-state index contributed by atoms with van der Waals surface area (Å²) in [6.07, 6.45) is 0.722. The largest absolute Gasteiger partial charge is 0.493 e. The third kappa shape index (κ3) is 4.36. The van der Waals surface area contributed by atoms with E-state index in [1.54, 1.807) is 29.5 Å². The highest BCUT2D eigenvalue weighted by Gasteiger charge is 2.09. The van der Waals surface area contributed by atoms with Gasteiger partial charge in [0.25, 0.3) is 0 Å². The smallest absolute Gasteiger partial charge is 0.339 e. The first-order valence-corrected chi connectivity index (χ1v) is 7.20. The minimum absolute atomic E-state index is 0.187. The van der Waals surface area contributed by atoms with E-state index in [1.165, 1.54) is 10.9 Å². The standard InChI is InChI=1S/C15H16O4S/c16-15(17)13-6-1-2-7-14(13)19-9-4-8-18-11-12-5-3-10-20-12/h1-3,5-7,10H,4,8-9,11H2,(H,16,17). The predicted octanol–water partition coefficient (Wildman–Crippen LogP) is 3.43. The summed E-state index contributed by atoms with van der Waals surface area (Å²) in [6.45, 7) is 1.64. The van der Waals surface area contributed by atoms with Gasteiger partial charge in [-0.25, -0.2) is 4.79 Å². The van der Waals surface area contributed by atoms with E-state index in [9.17, 15) is 4.79 Å². The number of benzene rings is 1. The zero-order valence-corrected chi connectivity index (χ0v) is 11.8. The Morgan fingerprint density at radius 1 is 1.15 bits per heavy atom. The van der Waals surface area contributed by atoms with Gasteiger partial charge in [-0.2, -0.15) is 0 Å². The number of thiophene rings is 1. The minimum atomic E-state index is -0.977. The van der Waals surface area contributed by atoms with Gasteiger partial charge < -0.3 is 14.6 Å². The molecule has 0 fully saturated rings. The molecule has 0 aliphatic heterocycles. The third-order valence-electron chi connectivity index (χ3n) is 2.63. The highest BCUT2D eigenvalue weighted by Crippen LogP contribution is 2.17. The molecule has 1 heterocycles. The van der Waals surface area contributed by atoms with Crippen LogP contribution in [0.15, 0.2) is 41.8 Å². The maximum Gasteiger partial charge on any atom is 0.339 e. The maximum atomic E-state index is 11.0. The van der Waals surface area contributed by atoms with Crippen LogP contribution in [0.2, 0.25) is 0 Å². The van der Waals surface area contributed by atoms with Gasteiger partial charge in [0.2, 0.25) is 0 Å². The minimum Gasteiger partial charge on any atom is -0.493 e. The molecule has 0 unspecified atom stereocenters. The van der Waals surface area contributed by atoms with Crippen molar-refractivity contribution in [2.45, 2.75) is 13.0 Å². The fourth-order valence-corrected chi connectivity index (χ4v) is 2.32. The average Bonchev–Trinajstić information content (AvgIpc) is 2.96. The Morgan fingerprint density at radius 3 is 2.75 bits per heavy atom. The van der Waals surface area contributed by atoms with Crippen LogP contribution in [0.25, 0.3) is 0 Å².